The van der Waals surface area contributed by atoms with Crippen LogP contribution in [0.2, 0.25) is 10.0 Å². The van der Waals surface area contributed by atoms with Crippen LogP contribution in [0.3, 0.4) is 0 Å². The molecule has 28 heavy (non-hydrogen) atoms. The second-order valence-corrected chi connectivity index (χ2v) is 6.56. The van der Waals surface area contributed by atoms with Crippen molar-refractivity contribution in [2.75, 3.05) is 7.11 Å². The Hall–Kier alpha value is -2.86. The monoisotopic (exact) mass is 422 g/mol. The Morgan fingerprint density at radius 1 is 1.39 bits per heavy atom. The molecule has 1 aromatic carbocycles. The molecule has 8 nitrogen and oxygen atoms in total. The van der Waals surface area contributed by atoms with Gasteiger partial charge in [-0.25, -0.2) is 5.43 Å². The molecule has 1 amide bonds. The summed E-state index contributed by atoms with van der Waals surface area (Å²) in [5, 5.41) is 22.6. The smallest absolute Gasteiger partial charge is 0.269 e. The van der Waals surface area contributed by atoms with Crippen molar-refractivity contribution < 1.29 is 14.6 Å². The van der Waals surface area contributed by atoms with Gasteiger partial charge in [0.25, 0.3) is 11.5 Å². The Morgan fingerprint density at radius 3 is 2.61 bits per heavy atom. The number of ether oxygens (including phenoxy) is 1. The van der Waals surface area contributed by atoms with E-state index >= 15 is 0 Å². The molecule has 0 radical (unpaired) electrons. The van der Waals surface area contributed by atoms with Gasteiger partial charge in [0.1, 0.15) is 18.2 Å². The second kappa shape index (κ2) is 9.37. The van der Waals surface area contributed by atoms with Crippen LogP contribution in [0.1, 0.15) is 22.4 Å². The molecule has 2 N–H and O–H groups in total. The lowest BCUT2D eigenvalue weighted by molar-refractivity contribution is -0.121. The first-order valence-corrected chi connectivity index (χ1v) is 8.66. The number of halogens is 2. The van der Waals surface area contributed by atoms with Crippen LogP contribution in [0.4, 0.5) is 0 Å². The van der Waals surface area contributed by atoms with Gasteiger partial charge < -0.3 is 14.4 Å². The molecule has 0 saturated heterocycles. The van der Waals surface area contributed by atoms with E-state index in [9.17, 15) is 20.0 Å². The standard InChI is InChI=1S/C18H16Cl2N4O4/c1-10-3-12(9-28-2)13(6-21)18(27)24(10)8-16(25)23-22-7-11-4-14(19)17(26)15(20)5-11/h3-5,7,26H,8-9H2,1-2H3,(H,23,25). The fourth-order valence-corrected chi connectivity index (χ4v) is 2.94. The summed E-state index contributed by atoms with van der Waals surface area (Å²) < 4.78 is 6.17. The van der Waals surface area contributed by atoms with Gasteiger partial charge in [0.05, 0.1) is 22.9 Å². The van der Waals surface area contributed by atoms with E-state index in [4.69, 9.17) is 27.9 Å². The largest absolute Gasteiger partial charge is 0.505 e. The third-order valence-corrected chi connectivity index (χ3v) is 4.32. The molecule has 0 bridgehead atoms. The number of carbonyl (C=O) groups is 1. The number of hydrogen-bond donors (Lipinski definition) is 2. The van der Waals surface area contributed by atoms with Gasteiger partial charge in [0.15, 0.2) is 5.75 Å². The van der Waals surface area contributed by atoms with E-state index in [1.54, 1.807) is 13.0 Å². The number of aryl methyl sites for hydroxylation is 1. The normalized spacial score (nSPS) is 10.8. The molecule has 0 spiro atoms. The van der Waals surface area contributed by atoms with Crippen molar-refractivity contribution in [3.63, 3.8) is 0 Å². The SMILES string of the molecule is COCc1cc(C)n(CC(=O)NN=Cc2cc(Cl)c(O)c(Cl)c2)c(=O)c1C#N. The minimum Gasteiger partial charge on any atom is -0.505 e. The maximum Gasteiger partial charge on any atom is 0.269 e. The molecule has 0 aliphatic heterocycles. The van der Waals surface area contributed by atoms with Gasteiger partial charge in [0.2, 0.25) is 0 Å². The molecule has 0 atom stereocenters. The van der Waals surface area contributed by atoms with Crippen LogP contribution < -0.4 is 11.0 Å². The zero-order valence-electron chi connectivity index (χ0n) is 15.0. The van der Waals surface area contributed by atoms with Crippen molar-refractivity contribution in [1.82, 2.24) is 9.99 Å². The number of aromatic hydroxyl groups is 1. The molecule has 1 aromatic heterocycles. The molecule has 0 unspecified atom stereocenters. The molecule has 2 aromatic rings. The summed E-state index contributed by atoms with van der Waals surface area (Å²) in [6, 6.07) is 6.31. The first-order chi connectivity index (χ1) is 13.3. The number of hydrazone groups is 1. The van der Waals surface area contributed by atoms with E-state index in [2.05, 4.69) is 10.5 Å². The number of nitriles is 1. The number of phenols is 1. The number of carbonyl (C=O) groups excluding carboxylic acids is 1. The summed E-state index contributed by atoms with van der Waals surface area (Å²) in [6.45, 7) is 1.45. The molecule has 1 heterocycles. The number of benzene rings is 1. The molecule has 0 aliphatic rings. The molecule has 2 rings (SSSR count). The lowest BCUT2D eigenvalue weighted by atomic mass is 10.1. The van der Waals surface area contributed by atoms with E-state index in [1.165, 1.54) is 30.0 Å². The number of methoxy groups -OCH3 is 1. The fraction of sp³-hybridized carbons (Fsp3) is 0.222. The van der Waals surface area contributed by atoms with Crippen LogP contribution in [-0.2, 0) is 22.7 Å². The zero-order chi connectivity index (χ0) is 20.8. The molecular weight excluding hydrogens is 407 g/mol. The minimum absolute atomic E-state index is 0.0441. The van der Waals surface area contributed by atoms with Gasteiger partial charge in [0, 0.05) is 18.4 Å². The Bertz CT molecular complexity index is 1020. The van der Waals surface area contributed by atoms with Gasteiger partial charge in [-0.3, -0.25) is 9.59 Å². The quantitative estimate of drug-likeness (QED) is 0.547. The van der Waals surface area contributed by atoms with Crippen LogP contribution in [0.25, 0.3) is 0 Å². The summed E-state index contributed by atoms with van der Waals surface area (Å²) in [4.78, 5) is 24.6. The third-order valence-electron chi connectivity index (χ3n) is 3.74. The highest BCUT2D eigenvalue weighted by Gasteiger charge is 2.14. The highest BCUT2D eigenvalue weighted by Crippen LogP contribution is 2.32. The first kappa shape index (κ1) is 21.4. The Morgan fingerprint density at radius 2 is 2.04 bits per heavy atom. The first-order valence-electron chi connectivity index (χ1n) is 7.90. The Labute approximate surface area is 170 Å². The second-order valence-electron chi connectivity index (χ2n) is 5.75. The van der Waals surface area contributed by atoms with Crippen LogP contribution in [0.15, 0.2) is 28.1 Å². The number of nitrogens with zero attached hydrogens (tertiary/aromatic N) is 3. The molecule has 10 heteroatoms. The van der Waals surface area contributed by atoms with E-state index in [1.807, 2.05) is 6.07 Å². The van der Waals surface area contributed by atoms with Gasteiger partial charge >= 0.3 is 0 Å². The van der Waals surface area contributed by atoms with Crippen LogP contribution >= 0.6 is 23.2 Å². The van der Waals surface area contributed by atoms with Crippen molar-refractivity contribution in [3.05, 3.63) is 61.0 Å². The summed E-state index contributed by atoms with van der Waals surface area (Å²) in [5.74, 6) is -0.814. The van der Waals surface area contributed by atoms with E-state index in [-0.39, 0.29) is 34.5 Å². The summed E-state index contributed by atoms with van der Waals surface area (Å²) in [5.41, 5.74) is 3.05. The van der Waals surface area contributed by atoms with Gasteiger partial charge in [-0.05, 0) is 30.7 Å². The van der Waals surface area contributed by atoms with Gasteiger partial charge in [-0.1, -0.05) is 23.2 Å². The number of amides is 1. The Kier molecular flexibility index (Phi) is 7.18. The molecule has 0 aliphatic carbocycles. The zero-order valence-corrected chi connectivity index (χ0v) is 16.5. The molecule has 0 fully saturated rings. The minimum atomic E-state index is -0.578. The lowest BCUT2D eigenvalue weighted by Crippen LogP contribution is -2.33. The average molecular weight is 423 g/mol. The Balaban J connectivity index is 2.16. The van der Waals surface area contributed by atoms with Crippen molar-refractivity contribution in [2.24, 2.45) is 5.10 Å². The van der Waals surface area contributed by atoms with Crippen molar-refractivity contribution in [2.45, 2.75) is 20.1 Å². The predicted molar refractivity (Wildman–Crippen MR) is 105 cm³/mol. The number of hydrogen-bond acceptors (Lipinski definition) is 6. The lowest BCUT2D eigenvalue weighted by Gasteiger charge is -2.12. The van der Waals surface area contributed by atoms with E-state index in [0.717, 1.165) is 0 Å². The number of rotatable bonds is 6. The van der Waals surface area contributed by atoms with E-state index in [0.29, 0.717) is 16.8 Å². The highest BCUT2D eigenvalue weighted by molar-refractivity contribution is 6.37. The van der Waals surface area contributed by atoms with Crippen LogP contribution in [0, 0.1) is 18.3 Å². The molecule has 146 valence electrons. The van der Waals surface area contributed by atoms with Crippen molar-refractivity contribution in [1.29, 1.82) is 5.26 Å². The molecular formula is C18H16Cl2N4O4. The average Bonchev–Trinajstić information content (AvgIpc) is 2.63. The van der Waals surface area contributed by atoms with Gasteiger partial charge in [-0.2, -0.15) is 10.4 Å². The number of nitrogens with one attached hydrogen (secondary N) is 1. The van der Waals surface area contributed by atoms with Crippen LogP contribution in [-0.4, -0.2) is 28.9 Å². The van der Waals surface area contributed by atoms with E-state index < -0.39 is 11.5 Å². The summed E-state index contributed by atoms with van der Waals surface area (Å²) in [7, 11) is 1.46. The summed E-state index contributed by atoms with van der Waals surface area (Å²) >= 11 is 11.6. The summed E-state index contributed by atoms with van der Waals surface area (Å²) in [6.07, 6.45) is 1.28. The third kappa shape index (κ3) is 4.89. The number of pyridine rings is 1. The molecule has 0 saturated carbocycles. The number of aromatic nitrogens is 1. The topological polar surface area (TPSA) is 117 Å². The van der Waals surface area contributed by atoms with Gasteiger partial charge in [-0.15, -0.1) is 0 Å². The predicted octanol–water partition coefficient (Wildman–Crippen LogP) is 2.34. The van der Waals surface area contributed by atoms with Crippen molar-refractivity contribution in [3.8, 4) is 11.8 Å². The number of phenolic OH excluding ortho intramolecular Hbond substituents is 1. The van der Waals surface area contributed by atoms with Crippen LogP contribution in [0.5, 0.6) is 5.75 Å². The fourth-order valence-electron chi connectivity index (χ4n) is 2.44. The van der Waals surface area contributed by atoms with Crippen molar-refractivity contribution >= 4 is 35.3 Å². The highest BCUT2D eigenvalue weighted by atomic mass is 35.5. The maximum atomic E-state index is 12.5. The maximum absolute atomic E-state index is 12.5.